The van der Waals surface area contributed by atoms with E-state index in [1.54, 1.807) is 0 Å². The SMILES string of the molecule is CN(CC12CC3CC(CC(C3)C1)C2)C(=O)Cn1cc(C(=O)O)nn1. The molecule has 0 unspecified atom stereocenters. The molecule has 1 amide bonds. The molecule has 0 spiro atoms. The highest BCUT2D eigenvalue weighted by atomic mass is 16.4. The molecule has 4 saturated carbocycles. The van der Waals surface area contributed by atoms with Gasteiger partial charge in [0.1, 0.15) is 6.54 Å². The first kappa shape index (κ1) is 15.6. The Hall–Kier alpha value is -1.92. The van der Waals surface area contributed by atoms with Gasteiger partial charge < -0.3 is 10.0 Å². The zero-order valence-electron chi connectivity index (χ0n) is 14.0. The van der Waals surface area contributed by atoms with Crippen molar-refractivity contribution in [2.45, 2.75) is 45.1 Å². The Labute approximate surface area is 141 Å². The zero-order valence-corrected chi connectivity index (χ0v) is 14.0. The van der Waals surface area contributed by atoms with Crippen LogP contribution in [0.2, 0.25) is 0 Å². The summed E-state index contributed by atoms with van der Waals surface area (Å²) in [4.78, 5) is 25.2. The van der Waals surface area contributed by atoms with E-state index in [0.29, 0.717) is 5.41 Å². The highest BCUT2D eigenvalue weighted by Crippen LogP contribution is 2.60. The summed E-state index contributed by atoms with van der Waals surface area (Å²) in [6.45, 7) is 0.860. The summed E-state index contributed by atoms with van der Waals surface area (Å²) in [5.74, 6) is 1.44. The monoisotopic (exact) mass is 332 g/mol. The Morgan fingerprint density at radius 3 is 2.33 bits per heavy atom. The van der Waals surface area contributed by atoms with Crippen molar-refractivity contribution in [3.8, 4) is 0 Å². The number of nitrogens with zero attached hydrogens (tertiary/aromatic N) is 4. The van der Waals surface area contributed by atoms with Gasteiger partial charge in [-0.15, -0.1) is 5.10 Å². The Balaban J connectivity index is 1.39. The molecule has 1 aromatic rings. The largest absolute Gasteiger partial charge is 0.476 e. The molecule has 0 aromatic carbocycles. The fourth-order valence-corrected chi connectivity index (χ4v) is 5.81. The minimum absolute atomic E-state index is 0.0346. The van der Waals surface area contributed by atoms with E-state index in [-0.39, 0.29) is 18.1 Å². The first-order chi connectivity index (χ1) is 11.4. The van der Waals surface area contributed by atoms with E-state index in [1.807, 2.05) is 11.9 Å². The van der Waals surface area contributed by atoms with E-state index in [2.05, 4.69) is 10.3 Å². The van der Waals surface area contributed by atoms with Gasteiger partial charge in [0.25, 0.3) is 0 Å². The van der Waals surface area contributed by atoms with Crippen LogP contribution in [0.3, 0.4) is 0 Å². The van der Waals surface area contributed by atoms with Gasteiger partial charge in [-0.25, -0.2) is 9.48 Å². The Morgan fingerprint density at radius 1 is 1.25 bits per heavy atom. The molecular formula is C17H24N4O3. The molecule has 4 fully saturated rings. The van der Waals surface area contributed by atoms with Crippen molar-refractivity contribution in [2.75, 3.05) is 13.6 Å². The topological polar surface area (TPSA) is 88.3 Å². The molecule has 1 N–H and O–H groups in total. The van der Waals surface area contributed by atoms with Crippen molar-refractivity contribution >= 4 is 11.9 Å². The number of carbonyl (C=O) groups excluding carboxylic acids is 1. The van der Waals surface area contributed by atoms with Crippen LogP contribution < -0.4 is 0 Å². The lowest BCUT2D eigenvalue weighted by atomic mass is 9.49. The molecule has 7 heteroatoms. The van der Waals surface area contributed by atoms with E-state index < -0.39 is 5.97 Å². The highest BCUT2D eigenvalue weighted by Gasteiger charge is 2.51. The molecule has 4 aliphatic rings. The molecule has 0 atom stereocenters. The molecule has 130 valence electrons. The summed E-state index contributed by atoms with van der Waals surface area (Å²) in [6.07, 6.45) is 9.30. The van der Waals surface area contributed by atoms with Gasteiger partial charge in [0.15, 0.2) is 5.69 Å². The lowest BCUT2D eigenvalue weighted by molar-refractivity contribution is -0.136. The van der Waals surface area contributed by atoms with Crippen molar-refractivity contribution < 1.29 is 14.7 Å². The van der Waals surface area contributed by atoms with Crippen molar-refractivity contribution in [2.24, 2.45) is 23.2 Å². The standard InChI is InChI=1S/C17H24N4O3/c1-20(15(22)9-21-8-14(16(23)24)18-19-21)10-17-5-11-2-12(6-17)4-13(3-11)7-17/h8,11-13H,2-7,9-10H2,1H3,(H,23,24). The minimum Gasteiger partial charge on any atom is -0.476 e. The number of carboxylic acids is 1. The van der Waals surface area contributed by atoms with Crippen LogP contribution in [-0.4, -0.2) is 50.5 Å². The smallest absolute Gasteiger partial charge is 0.358 e. The van der Waals surface area contributed by atoms with E-state index in [9.17, 15) is 9.59 Å². The first-order valence-electron chi connectivity index (χ1n) is 8.80. The average molecular weight is 332 g/mol. The number of hydrogen-bond donors (Lipinski definition) is 1. The Kier molecular flexibility index (Phi) is 3.62. The van der Waals surface area contributed by atoms with Crippen LogP contribution in [-0.2, 0) is 11.3 Å². The van der Waals surface area contributed by atoms with E-state index in [0.717, 1.165) is 24.3 Å². The number of hydrogen-bond acceptors (Lipinski definition) is 4. The van der Waals surface area contributed by atoms with Gasteiger partial charge in [0, 0.05) is 13.6 Å². The highest BCUT2D eigenvalue weighted by molar-refractivity contribution is 5.84. The molecule has 0 radical (unpaired) electrons. The van der Waals surface area contributed by atoms with Crippen LogP contribution in [0.4, 0.5) is 0 Å². The second kappa shape index (κ2) is 5.57. The van der Waals surface area contributed by atoms with Crippen molar-refractivity contribution in [1.82, 2.24) is 19.9 Å². The molecule has 5 rings (SSSR count). The van der Waals surface area contributed by atoms with E-state index >= 15 is 0 Å². The average Bonchev–Trinajstić information content (AvgIpc) is 2.94. The van der Waals surface area contributed by atoms with Crippen LogP contribution in [0.25, 0.3) is 0 Å². The molecule has 0 aliphatic heterocycles. The lowest BCUT2D eigenvalue weighted by Gasteiger charge is -2.57. The Bertz CT molecular complexity index is 633. The molecule has 0 saturated heterocycles. The van der Waals surface area contributed by atoms with Gasteiger partial charge in [-0.2, -0.15) is 0 Å². The molecule has 4 bridgehead atoms. The van der Waals surface area contributed by atoms with E-state index in [4.69, 9.17) is 5.11 Å². The third kappa shape index (κ3) is 2.80. The fourth-order valence-electron chi connectivity index (χ4n) is 5.81. The predicted octanol–water partition coefficient (Wildman–Crippen LogP) is 1.65. The molecule has 7 nitrogen and oxygen atoms in total. The van der Waals surface area contributed by atoms with Gasteiger partial charge in [-0.05, 0) is 61.7 Å². The van der Waals surface area contributed by atoms with Crippen LogP contribution >= 0.6 is 0 Å². The quantitative estimate of drug-likeness (QED) is 0.886. The maximum Gasteiger partial charge on any atom is 0.358 e. The summed E-state index contributed by atoms with van der Waals surface area (Å²) >= 11 is 0. The maximum absolute atomic E-state index is 12.5. The van der Waals surface area contributed by atoms with E-state index in [1.165, 1.54) is 49.4 Å². The van der Waals surface area contributed by atoms with Crippen molar-refractivity contribution in [3.05, 3.63) is 11.9 Å². The molecule has 1 heterocycles. The van der Waals surface area contributed by atoms with Crippen LogP contribution in [0.1, 0.15) is 49.0 Å². The van der Waals surface area contributed by atoms with Gasteiger partial charge >= 0.3 is 5.97 Å². The first-order valence-corrected chi connectivity index (χ1v) is 8.80. The number of aromatic nitrogens is 3. The second-order valence-electron chi connectivity index (χ2n) is 8.27. The summed E-state index contributed by atoms with van der Waals surface area (Å²) in [5, 5.41) is 16.1. The maximum atomic E-state index is 12.5. The van der Waals surface area contributed by atoms with Crippen LogP contribution in [0.15, 0.2) is 6.20 Å². The molecule has 1 aromatic heterocycles. The third-order valence-corrected chi connectivity index (χ3v) is 6.22. The van der Waals surface area contributed by atoms with Gasteiger partial charge in [0.2, 0.25) is 5.91 Å². The summed E-state index contributed by atoms with van der Waals surface area (Å²) in [5.41, 5.74) is 0.180. The number of rotatable bonds is 5. The summed E-state index contributed by atoms with van der Waals surface area (Å²) in [7, 11) is 1.86. The van der Waals surface area contributed by atoms with Crippen LogP contribution in [0.5, 0.6) is 0 Å². The van der Waals surface area contributed by atoms with Gasteiger partial charge in [-0.3, -0.25) is 4.79 Å². The zero-order chi connectivity index (χ0) is 16.9. The van der Waals surface area contributed by atoms with Crippen molar-refractivity contribution in [3.63, 3.8) is 0 Å². The number of likely N-dealkylation sites (N-methyl/N-ethyl adjacent to an activating group) is 1. The number of amides is 1. The predicted molar refractivity (Wildman–Crippen MR) is 85.2 cm³/mol. The summed E-state index contributed by atoms with van der Waals surface area (Å²) in [6, 6.07) is 0. The number of carbonyl (C=O) groups is 2. The second-order valence-corrected chi connectivity index (χ2v) is 8.27. The number of carboxylic acid groups (broad SMARTS) is 1. The molecule has 4 aliphatic carbocycles. The minimum atomic E-state index is -1.13. The Morgan fingerprint density at radius 2 is 1.83 bits per heavy atom. The van der Waals surface area contributed by atoms with Gasteiger partial charge in [-0.1, -0.05) is 5.21 Å². The lowest BCUT2D eigenvalue weighted by Crippen LogP contribution is -2.51. The summed E-state index contributed by atoms with van der Waals surface area (Å²) < 4.78 is 1.31. The fraction of sp³-hybridized carbons (Fsp3) is 0.765. The van der Waals surface area contributed by atoms with Gasteiger partial charge in [0.05, 0.1) is 6.20 Å². The number of aromatic carboxylic acids is 1. The van der Waals surface area contributed by atoms with Crippen LogP contribution in [0, 0.1) is 23.2 Å². The molecule has 24 heavy (non-hydrogen) atoms. The van der Waals surface area contributed by atoms with Crippen molar-refractivity contribution in [1.29, 1.82) is 0 Å². The molecular weight excluding hydrogens is 308 g/mol. The normalized spacial score (nSPS) is 33.6. The third-order valence-electron chi connectivity index (χ3n) is 6.22.